The second-order valence-corrected chi connectivity index (χ2v) is 8.48. The number of amides is 1. The number of rotatable bonds is 10. The van der Waals surface area contributed by atoms with Gasteiger partial charge < -0.3 is 5.32 Å². The zero-order valence-corrected chi connectivity index (χ0v) is 20.3. The molecule has 3 rings (SSSR count). The molecular formula is C24H30ClN5OS. The first kappa shape index (κ1) is 24.2. The molecule has 170 valence electrons. The molecule has 32 heavy (non-hydrogen) atoms. The Hall–Kier alpha value is -2.48. The number of hydrogen-bond acceptors (Lipinski definition) is 4. The van der Waals surface area contributed by atoms with Gasteiger partial charge in [-0.05, 0) is 49.9 Å². The quantitative estimate of drug-likeness (QED) is 0.401. The van der Waals surface area contributed by atoms with Gasteiger partial charge in [0.2, 0.25) is 5.91 Å². The highest BCUT2D eigenvalue weighted by atomic mass is 35.5. The summed E-state index contributed by atoms with van der Waals surface area (Å²) in [5.74, 6) is 0.705. The number of hydrogen-bond donors (Lipinski definition) is 2. The van der Waals surface area contributed by atoms with Gasteiger partial charge in [0.05, 0.1) is 6.04 Å². The van der Waals surface area contributed by atoms with Crippen LogP contribution in [0.2, 0.25) is 5.02 Å². The third-order valence-corrected chi connectivity index (χ3v) is 6.26. The van der Waals surface area contributed by atoms with Gasteiger partial charge in [-0.3, -0.25) is 19.4 Å². The lowest BCUT2D eigenvalue weighted by Gasteiger charge is -2.31. The molecule has 0 aliphatic carbocycles. The standard InChI is InChI=1S/C24H30ClN5OS/c1-4-29(5-2)21(19-11-6-7-12-20(19)25)16-26-22(31)13-14-30-23(27-28-24(30)32)18-10-8-9-17(3)15-18/h6-12,15,21H,4-5,13-14,16H2,1-3H3,(H,26,31)(H,28,32). The van der Waals surface area contributed by atoms with Gasteiger partial charge in [-0.25, -0.2) is 0 Å². The smallest absolute Gasteiger partial charge is 0.221 e. The number of halogens is 1. The van der Waals surface area contributed by atoms with Crippen LogP contribution in [0.3, 0.4) is 0 Å². The highest BCUT2D eigenvalue weighted by Gasteiger charge is 2.21. The summed E-state index contributed by atoms with van der Waals surface area (Å²) < 4.78 is 2.38. The van der Waals surface area contributed by atoms with Gasteiger partial charge in [0, 0.05) is 30.1 Å². The van der Waals surface area contributed by atoms with Crippen molar-refractivity contribution < 1.29 is 4.79 Å². The lowest BCUT2D eigenvalue weighted by Crippen LogP contribution is -2.38. The van der Waals surface area contributed by atoms with Gasteiger partial charge in [0.15, 0.2) is 10.6 Å². The van der Waals surface area contributed by atoms with Gasteiger partial charge in [-0.1, -0.05) is 67.4 Å². The van der Waals surface area contributed by atoms with Crippen molar-refractivity contribution >= 4 is 29.7 Å². The zero-order valence-electron chi connectivity index (χ0n) is 18.8. The first-order valence-electron chi connectivity index (χ1n) is 10.9. The van der Waals surface area contributed by atoms with E-state index in [9.17, 15) is 4.79 Å². The van der Waals surface area contributed by atoms with Crippen LogP contribution in [0, 0.1) is 11.7 Å². The zero-order chi connectivity index (χ0) is 23.1. The minimum atomic E-state index is -0.0347. The molecule has 0 saturated heterocycles. The van der Waals surface area contributed by atoms with Crippen LogP contribution in [0.4, 0.5) is 0 Å². The van der Waals surface area contributed by atoms with Crippen LogP contribution < -0.4 is 5.32 Å². The van der Waals surface area contributed by atoms with Crippen LogP contribution >= 0.6 is 23.8 Å². The van der Waals surface area contributed by atoms with Crippen molar-refractivity contribution in [2.75, 3.05) is 19.6 Å². The monoisotopic (exact) mass is 471 g/mol. The molecule has 8 heteroatoms. The molecule has 0 aliphatic rings. The van der Waals surface area contributed by atoms with Crippen molar-refractivity contribution in [3.63, 3.8) is 0 Å². The summed E-state index contributed by atoms with van der Waals surface area (Å²) in [6, 6.07) is 15.9. The molecular weight excluding hydrogens is 442 g/mol. The van der Waals surface area contributed by atoms with E-state index in [1.807, 2.05) is 54.0 Å². The Morgan fingerprint density at radius 3 is 2.66 bits per heavy atom. The average molecular weight is 472 g/mol. The predicted molar refractivity (Wildman–Crippen MR) is 132 cm³/mol. The van der Waals surface area contributed by atoms with E-state index in [1.54, 1.807) is 0 Å². The van der Waals surface area contributed by atoms with E-state index in [-0.39, 0.29) is 11.9 Å². The molecule has 0 bridgehead atoms. The average Bonchev–Trinajstić information content (AvgIpc) is 3.16. The molecule has 0 spiro atoms. The first-order chi connectivity index (χ1) is 15.4. The van der Waals surface area contributed by atoms with Gasteiger partial charge in [0.25, 0.3) is 0 Å². The van der Waals surface area contributed by atoms with E-state index in [4.69, 9.17) is 23.8 Å². The molecule has 2 aromatic carbocycles. The fraction of sp³-hybridized carbons (Fsp3) is 0.375. The van der Waals surface area contributed by atoms with E-state index < -0.39 is 0 Å². The van der Waals surface area contributed by atoms with Crippen LogP contribution in [-0.2, 0) is 11.3 Å². The van der Waals surface area contributed by atoms with Gasteiger partial charge in [-0.15, -0.1) is 0 Å². The highest BCUT2D eigenvalue weighted by Crippen LogP contribution is 2.27. The van der Waals surface area contributed by atoms with Crippen molar-refractivity contribution in [1.82, 2.24) is 25.0 Å². The molecule has 1 amide bonds. The molecule has 1 heterocycles. The lowest BCUT2D eigenvalue weighted by atomic mass is 10.0. The number of benzene rings is 2. The Kier molecular flexibility index (Phi) is 8.61. The molecule has 1 aromatic heterocycles. The second kappa shape index (κ2) is 11.4. The Morgan fingerprint density at radius 2 is 1.97 bits per heavy atom. The van der Waals surface area contributed by atoms with Crippen LogP contribution in [-0.4, -0.2) is 45.2 Å². The fourth-order valence-corrected chi connectivity index (χ4v) is 4.37. The largest absolute Gasteiger partial charge is 0.354 e. The summed E-state index contributed by atoms with van der Waals surface area (Å²) >= 11 is 11.9. The number of carbonyl (C=O) groups excluding carboxylic acids is 1. The minimum absolute atomic E-state index is 0.0154. The number of likely N-dealkylation sites (N-methyl/N-ethyl adjacent to an activating group) is 1. The van der Waals surface area contributed by atoms with Gasteiger partial charge >= 0.3 is 0 Å². The van der Waals surface area contributed by atoms with E-state index in [0.29, 0.717) is 29.3 Å². The van der Waals surface area contributed by atoms with E-state index in [0.717, 1.165) is 35.6 Å². The summed E-state index contributed by atoms with van der Waals surface area (Å²) in [7, 11) is 0. The summed E-state index contributed by atoms with van der Waals surface area (Å²) in [6.45, 7) is 8.94. The maximum absolute atomic E-state index is 12.7. The molecule has 0 saturated carbocycles. The van der Waals surface area contributed by atoms with E-state index in [1.165, 1.54) is 0 Å². The first-order valence-corrected chi connectivity index (χ1v) is 11.7. The molecule has 2 N–H and O–H groups in total. The Labute approximate surface area is 199 Å². The normalized spacial score (nSPS) is 12.2. The number of aromatic nitrogens is 3. The topological polar surface area (TPSA) is 66.0 Å². The Morgan fingerprint density at radius 1 is 1.22 bits per heavy atom. The molecule has 0 fully saturated rings. The maximum Gasteiger partial charge on any atom is 0.221 e. The number of aromatic amines is 1. The Balaban J connectivity index is 1.68. The van der Waals surface area contributed by atoms with E-state index >= 15 is 0 Å². The number of nitrogens with zero attached hydrogens (tertiary/aromatic N) is 3. The van der Waals surface area contributed by atoms with E-state index in [2.05, 4.69) is 40.3 Å². The van der Waals surface area contributed by atoms with Crippen molar-refractivity contribution in [2.45, 2.75) is 39.8 Å². The highest BCUT2D eigenvalue weighted by molar-refractivity contribution is 7.71. The molecule has 0 aliphatic heterocycles. The molecule has 6 nitrogen and oxygen atoms in total. The number of nitrogens with one attached hydrogen (secondary N) is 2. The van der Waals surface area contributed by atoms with Crippen LogP contribution in [0.15, 0.2) is 48.5 Å². The third kappa shape index (κ3) is 5.85. The van der Waals surface area contributed by atoms with Crippen LogP contribution in [0.25, 0.3) is 11.4 Å². The Bertz CT molecular complexity index is 1110. The predicted octanol–water partition coefficient (Wildman–Crippen LogP) is 5.16. The summed E-state index contributed by atoms with van der Waals surface area (Å²) in [6.07, 6.45) is 0.306. The fourth-order valence-electron chi connectivity index (χ4n) is 3.89. The van der Waals surface area contributed by atoms with Crippen molar-refractivity contribution in [3.05, 3.63) is 69.5 Å². The molecule has 1 atom stereocenters. The number of aryl methyl sites for hydroxylation is 1. The molecule has 3 aromatic rings. The molecule has 1 unspecified atom stereocenters. The van der Waals surface area contributed by atoms with Crippen LogP contribution in [0.1, 0.15) is 37.4 Å². The second-order valence-electron chi connectivity index (χ2n) is 7.69. The van der Waals surface area contributed by atoms with Gasteiger partial charge in [-0.2, -0.15) is 5.10 Å². The van der Waals surface area contributed by atoms with Crippen LogP contribution in [0.5, 0.6) is 0 Å². The summed E-state index contributed by atoms with van der Waals surface area (Å²) in [5, 5.41) is 11.0. The third-order valence-electron chi connectivity index (χ3n) is 5.61. The number of carbonyl (C=O) groups is 1. The van der Waals surface area contributed by atoms with Crippen molar-refractivity contribution in [2.24, 2.45) is 0 Å². The minimum Gasteiger partial charge on any atom is -0.354 e. The summed E-state index contributed by atoms with van der Waals surface area (Å²) in [4.78, 5) is 15.0. The van der Waals surface area contributed by atoms with Crippen molar-refractivity contribution in [3.8, 4) is 11.4 Å². The lowest BCUT2D eigenvalue weighted by molar-refractivity contribution is -0.121. The van der Waals surface area contributed by atoms with Crippen molar-refractivity contribution in [1.29, 1.82) is 0 Å². The molecule has 0 radical (unpaired) electrons. The SMILES string of the molecule is CCN(CC)C(CNC(=O)CCn1c(-c2cccc(C)c2)n[nH]c1=S)c1ccccc1Cl. The summed E-state index contributed by atoms with van der Waals surface area (Å²) in [5.41, 5.74) is 3.14. The number of H-pyrrole nitrogens is 1. The maximum atomic E-state index is 12.7. The van der Waals surface area contributed by atoms with Gasteiger partial charge in [0.1, 0.15) is 0 Å².